The Labute approximate surface area is 159 Å². The maximum Gasteiger partial charge on any atom is 0.381 e. The summed E-state index contributed by atoms with van der Waals surface area (Å²) < 4.78 is 56.9. The fraction of sp³-hybridized carbons (Fsp3) is 0.300. The SMILES string of the molecule is CCOC(=O)C(F)(F)c1cccc(C)c1.Cc1cccc(C(F)(F)C(=O)O)c1. The Balaban J connectivity index is 0.000000283. The third kappa shape index (κ3) is 5.80. The Bertz CT molecular complexity index is 834. The predicted molar refractivity (Wildman–Crippen MR) is 94.4 cm³/mol. The van der Waals surface area contributed by atoms with Crippen molar-refractivity contribution in [3.05, 3.63) is 70.8 Å². The Morgan fingerprint density at radius 3 is 1.68 bits per heavy atom. The molecular formula is C20H20F4O4. The highest BCUT2D eigenvalue weighted by molar-refractivity contribution is 5.79. The molecule has 0 saturated heterocycles. The van der Waals surface area contributed by atoms with Gasteiger partial charge >= 0.3 is 23.8 Å². The Morgan fingerprint density at radius 2 is 1.32 bits per heavy atom. The van der Waals surface area contributed by atoms with E-state index in [4.69, 9.17) is 5.11 Å². The number of hydrogen-bond donors (Lipinski definition) is 1. The van der Waals surface area contributed by atoms with Gasteiger partial charge in [-0.25, -0.2) is 9.59 Å². The second-order valence-corrected chi connectivity index (χ2v) is 5.91. The molecule has 4 nitrogen and oxygen atoms in total. The van der Waals surface area contributed by atoms with E-state index in [-0.39, 0.29) is 12.2 Å². The molecule has 0 atom stereocenters. The van der Waals surface area contributed by atoms with Crippen LogP contribution in [0.5, 0.6) is 0 Å². The number of ether oxygens (including phenoxy) is 1. The molecule has 0 unspecified atom stereocenters. The fourth-order valence-electron chi connectivity index (χ4n) is 2.14. The van der Waals surface area contributed by atoms with E-state index in [1.165, 1.54) is 31.2 Å². The van der Waals surface area contributed by atoms with Crippen LogP contribution < -0.4 is 0 Å². The summed E-state index contributed by atoms with van der Waals surface area (Å²) in [5, 5.41) is 8.24. The third-order valence-corrected chi connectivity index (χ3v) is 3.56. The molecule has 0 radical (unpaired) electrons. The van der Waals surface area contributed by atoms with Gasteiger partial charge in [0.15, 0.2) is 0 Å². The zero-order chi connectivity index (χ0) is 21.5. The first kappa shape index (κ1) is 23.1. The number of halogens is 4. The van der Waals surface area contributed by atoms with E-state index in [0.717, 1.165) is 12.1 Å². The molecule has 0 aliphatic carbocycles. The Hall–Kier alpha value is -2.90. The van der Waals surface area contributed by atoms with Crippen LogP contribution in [0.3, 0.4) is 0 Å². The van der Waals surface area contributed by atoms with Gasteiger partial charge in [-0.1, -0.05) is 47.5 Å². The largest absolute Gasteiger partial charge is 0.477 e. The smallest absolute Gasteiger partial charge is 0.381 e. The van der Waals surface area contributed by atoms with Crippen molar-refractivity contribution in [1.82, 2.24) is 0 Å². The van der Waals surface area contributed by atoms with Crippen molar-refractivity contribution >= 4 is 11.9 Å². The van der Waals surface area contributed by atoms with Gasteiger partial charge in [0.05, 0.1) is 6.61 Å². The normalized spacial score (nSPS) is 11.2. The van der Waals surface area contributed by atoms with Crippen LogP contribution in [0.4, 0.5) is 17.6 Å². The molecule has 1 N–H and O–H groups in total. The van der Waals surface area contributed by atoms with Gasteiger partial charge < -0.3 is 9.84 Å². The summed E-state index contributed by atoms with van der Waals surface area (Å²) in [5.74, 6) is -11.0. The van der Waals surface area contributed by atoms with Crippen LogP contribution in [0.15, 0.2) is 48.5 Å². The quantitative estimate of drug-likeness (QED) is 0.577. The highest BCUT2D eigenvalue weighted by atomic mass is 19.3. The second-order valence-electron chi connectivity index (χ2n) is 5.91. The van der Waals surface area contributed by atoms with Gasteiger partial charge in [-0.05, 0) is 32.9 Å². The minimum Gasteiger partial charge on any atom is -0.477 e. The van der Waals surface area contributed by atoms with E-state index < -0.39 is 29.3 Å². The molecule has 0 aliphatic heterocycles. The molecule has 2 rings (SSSR count). The van der Waals surface area contributed by atoms with Gasteiger partial charge in [-0.3, -0.25) is 0 Å². The molecule has 0 saturated carbocycles. The number of carboxylic acids is 1. The maximum absolute atomic E-state index is 13.4. The summed E-state index contributed by atoms with van der Waals surface area (Å²) >= 11 is 0. The number of esters is 1. The lowest BCUT2D eigenvalue weighted by Crippen LogP contribution is -2.28. The number of carbonyl (C=O) groups excluding carboxylic acids is 1. The van der Waals surface area contributed by atoms with Gasteiger partial charge in [0.25, 0.3) is 0 Å². The molecule has 0 aromatic heterocycles. The number of benzene rings is 2. The number of carboxylic acid groups (broad SMARTS) is 1. The van der Waals surface area contributed by atoms with Crippen LogP contribution in [0.25, 0.3) is 0 Å². The van der Waals surface area contributed by atoms with Crippen LogP contribution in [-0.2, 0) is 26.2 Å². The van der Waals surface area contributed by atoms with Gasteiger partial charge in [0.1, 0.15) is 0 Å². The van der Waals surface area contributed by atoms with Crippen LogP contribution in [0.1, 0.15) is 29.2 Å². The average Bonchev–Trinajstić information content (AvgIpc) is 2.62. The number of carbonyl (C=O) groups is 2. The Morgan fingerprint density at radius 1 is 0.893 bits per heavy atom. The van der Waals surface area contributed by atoms with Crippen molar-refractivity contribution in [3.8, 4) is 0 Å². The van der Waals surface area contributed by atoms with Gasteiger partial charge in [0.2, 0.25) is 0 Å². The third-order valence-electron chi connectivity index (χ3n) is 3.56. The van der Waals surface area contributed by atoms with Crippen molar-refractivity contribution in [3.63, 3.8) is 0 Å². The van der Waals surface area contributed by atoms with Crippen molar-refractivity contribution in [2.75, 3.05) is 6.61 Å². The average molecular weight is 400 g/mol. The monoisotopic (exact) mass is 400 g/mol. The fourth-order valence-corrected chi connectivity index (χ4v) is 2.14. The first-order chi connectivity index (χ1) is 12.9. The molecule has 2 aromatic rings. The summed E-state index contributed by atoms with van der Waals surface area (Å²) in [7, 11) is 0. The summed E-state index contributed by atoms with van der Waals surface area (Å²) in [6, 6.07) is 10.9. The summed E-state index contributed by atoms with van der Waals surface area (Å²) in [5.41, 5.74) is 0.468. The molecule has 0 amide bonds. The molecule has 0 fully saturated rings. The molecule has 0 aliphatic rings. The van der Waals surface area contributed by atoms with Crippen molar-refractivity contribution in [1.29, 1.82) is 0 Å². The summed E-state index contributed by atoms with van der Waals surface area (Å²) in [6.45, 7) is 4.75. The lowest BCUT2D eigenvalue weighted by Gasteiger charge is -2.15. The molecule has 28 heavy (non-hydrogen) atoms. The number of aryl methyl sites for hydroxylation is 2. The lowest BCUT2D eigenvalue weighted by molar-refractivity contribution is -0.173. The van der Waals surface area contributed by atoms with Crippen molar-refractivity contribution in [2.45, 2.75) is 32.6 Å². The van der Waals surface area contributed by atoms with Gasteiger partial charge in [-0.2, -0.15) is 17.6 Å². The summed E-state index contributed by atoms with van der Waals surface area (Å²) in [6.07, 6.45) is 0. The Kier molecular flexibility index (Phi) is 7.72. The maximum atomic E-state index is 13.4. The number of rotatable bonds is 5. The molecule has 8 heteroatoms. The van der Waals surface area contributed by atoms with Crippen LogP contribution in [0.2, 0.25) is 0 Å². The highest BCUT2D eigenvalue weighted by Gasteiger charge is 2.42. The number of aliphatic carboxylic acids is 1. The van der Waals surface area contributed by atoms with Gasteiger partial charge in [0, 0.05) is 11.1 Å². The van der Waals surface area contributed by atoms with E-state index in [1.807, 2.05) is 0 Å². The van der Waals surface area contributed by atoms with E-state index in [9.17, 15) is 27.2 Å². The molecule has 152 valence electrons. The molecular weight excluding hydrogens is 380 g/mol. The molecule has 2 aromatic carbocycles. The van der Waals surface area contributed by atoms with E-state index in [2.05, 4.69) is 4.74 Å². The minimum absolute atomic E-state index is 0.0553. The van der Waals surface area contributed by atoms with E-state index >= 15 is 0 Å². The minimum atomic E-state index is -3.80. The van der Waals surface area contributed by atoms with E-state index in [0.29, 0.717) is 11.1 Å². The van der Waals surface area contributed by atoms with Crippen LogP contribution in [-0.4, -0.2) is 23.7 Å². The summed E-state index contributed by atoms with van der Waals surface area (Å²) in [4.78, 5) is 21.2. The highest BCUT2D eigenvalue weighted by Crippen LogP contribution is 2.30. The number of hydrogen-bond acceptors (Lipinski definition) is 3. The zero-order valence-electron chi connectivity index (χ0n) is 15.5. The zero-order valence-corrected chi connectivity index (χ0v) is 15.5. The van der Waals surface area contributed by atoms with Crippen LogP contribution >= 0.6 is 0 Å². The molecule has 0 heterocycles. The molecule has 0 bridgehead atoms. The van der Waals surface area contributed by atoms with Crippen molar-refractivity contribution < 1.29 is 37.0 Å². The lowest BCUT2D eigenvalue weighted by atomic mass is 10.1. The predicted octanol–water partition coefficient (Wildman–Crippen LogP) is 4.82. The first-order valence-corrected chi connectivity index (χ1v) is 8.23. The second kappa shape index (κ2) is 9.34. The topological polar surface area (TPSA) is 63.6 Å². The van der Waals surface area contributed by atoms with E-state index in [1.54, 1.807) is 26.0 Å². The first-order valence-electron chi connectivity index (χ1n) is 8.23. The van der Waals surface area contributed by atoms with Crippen molar-refractivity contribution in [2.24, 2.45) is 0 Å². The van der Waals surface area contributed by atoms with Gasteiger partial charge in [-0.15, -0.1) is 0 Å². The number of alkyl halides is 4. The molecule has 0 spiro atoms. The van der Waals surface area contributed by atoms with Crippen LogP contribution in [0, 0.1) is 13.8 Å². The standard InChI is InChI=1S/C11H12F2O2.C9H8F2O2/c1-3-15-10(14)11(12,13)9-6-4-5-8(2)7-9;1-6-3-2-4-7(5-6)9(10,11)8(12)13/h4-7H,3H2,1-2H3;2-5H,1H3,(H,12,13).